The largest absolute Gasteiger partial charge is 0.507 e. The van der Waals surface area contributed by atoms with Crippen molar-refractivity contribution in [2.45, 2.75) is 33.6 Å². The number of ketones is 1. The van der Waals surface area contributed by atoms with E-state index in [-0.39, 0.29) is 17.5 Å². The molecule has 0 aliphatic carbocycles. The third-order valence-corrected chi connectivity index (χ3v) is 2.79. The van der Waals surface area contributed by atoms with Crippen LogP contribution >= 0.6 is 0 Å². The van der Waals surface area contributed by atoms with Gasteiger partial charge in [-0.05, 0) is 31.4 Å². The third kappa shape index (κ3) is 2.60. The van der Waals surface area contributed by atoms with Gasteiger partial charge >= 0.3 is 0 Å². The van der Waals surface area contributed by atoms with Gasteiger partial charge in [-0.2, -0.15) is 0 Å². The van der Waals surface area contributed by atoms with Crippen LogP contribution in [0.5, 0.6) is 5.75 Å². The van der Waals surface area contributed by atoms with Crippen molar-refractivity contribution in [2.24, 2.45) is 0 Å². The van der Waals surface area contributed by atoms with Crippen molar-refractivity contribution in [3.63, 3.8) is 0 Å². The molecule has 88 valence electrons. The molecule has 3 heteroatoms. The summed E-state index contributed by atoms with van der Waals surface area (Å²) in [7, 11) is 5.89. The van der Waals surface area contributed by atoms with Gasteiger partial charge in [0.25, 0.3) is 0 Å². The molecule has 0 heterocycles. The van der Waals surface area contributed by atoms with Crippen molar-refractivity contribution in [3.05, 3.63) is 34.9 Å². The van der Waals surface area contributed by atoms with Crippen molar-refractivity contribution < 1.29 is 9.90 Å². The van der Waals surface area contributed by atoms with Crippen molar-refractivity contribution in [3.8, 4) is 5.75 Å². The number of rotatable bonds is 3. The molecule has 2 nitrogen and oxygen atoms in total. The Labute approximate surface area is 104 Å². The van der Waals surface area contributed by atoms with Gasteiger partial charge in [-0.25, -0.2) is 0 Å². The molecule has 0 atom stereocenters. The summed E-state index contributed by atoms with van der Waals surface area (Å²) in [5.74, 6) is 0.164. The fraction of sp³-hybridized carbons (Fsp3) is 0.357. The van der Waals surface area contributed by atoms with E-state index in [4.69, 9.17) is 7.85 Å². The lowest BCUT2D eigenvalue weighted by atomic mass is 9.81. The van der Waals surface area contributed by atoms with Crippen LogP contribution in [0.4, 0.5) is 0 Å². The molecular weight excluding hydrogens is 211 g/mol. The highest BCUT2D eigenvalue weighted by molar-refractivity contribution is 6.37. The number of carbonyl (C=O) groups is 1. The van der Waals surface area contributed by atoms with Gasteiger partial charge in [0.05, 0.1) is 0 Å². The molecule has 0 unspecified atom stereocenters. The van der Waals surface area contributed by atoms with Crippen LogP contribution in [0.3, 0.4) is 0 Å². The molecule has 0 aliphatic heterocycles. The average Bonchev–Trinajstić information content (AvgIpc) is 2.23. The smallest absolute Gasteiger partial charge is 0.185 e. The predicted molar refractivity (Wildman–Crippen MR) is 71.5 cm³/mol. The topological polar surface area (TPSA) is 37.3 Å². The normalized spacial score (nSPS) is 11.4. The maximum absolute atomic E-state index is 11.8. The molecule has 0 fully saturated rings. The van der Waals surface area contributed by atoms with Crippen molar-refractivity contribution >= 4 is 19.1 Å². The van der Waals surface area contributed by atoms with E-state index < -0.39 is 0 Å². The van der Waals surface area contributed by atoms with E-state index in [1.807, 2.05) is 13.8 Å². The Morgan fingerprint density at radius 2 is 2.06 bits per heavy atom. The van der Waals surface area contributed by atoms with Crippen LogP contribution in [0.1, 0.15) is 48.2 Å². The summed E-state index contributed by atoms with van der Waals surface area (Å²) in [5.41, 5.74) is 2.14. The first kappa shape index (κ1) is 13.6. The van der Waals surface area contributed by atoms with E-state index in [0.29, 0.717) is 16.6 Å². The molecule has 1 N–H and O–H groups in total. The first-order valence-electron chi connectivity index (χ1n) is 5.69. The van der Waals surface area contributed by atoms with E-state index in [2.05, 4.69) is 0 Å². The first-order chi connectivity index (χ1) is 7.90. The molecule has 0 spiro atoms. The van der Waals surface area contributed by atoms with Gasteiger partial charge in [-0.15, -0.1) is 0 Å². The molecule has 1 aromatic carbocycles. The summed E-state index contributed by atoms with van der Waals surface area (Å²) in [6.45, 7) is 7.43. The van der Waals surface area contributed by atoms with Crippen molar-refractivity contribution in [1.29, 1.82) is 0 Å². The zero-order valence-electron chi connectivity index (χ0n) is 10.7. The molecule has 1 aromatic rings. The predicted octanol–water partition coefficient (Wildman–Crippen LogP) is 2.38. The van der Waals surface area contributed by atoms with Crippen LogP contribution < -0.4 is 5.46 Å². The van der Waals surface area contributed by atoms with Gasteiger partial charge in [0.15, 0.2) is 5.78 Å². The third-order valence-electron chi connectivity index (χ3n) is 2.79. The Balaban J connectivity index is 3.45. The molecule has 0 bridgehead atoms. The van der Waals surface area contributed by atoms with Gasteiger partial charge in [0.1, 0.15) is 13.6 Å². The average molecular weight is 228 g/mol. The molecule has 2 radical (unpaired) electrons. The highest BCUT2D eigenvalue weighted by Crippen LogP contribution is 2.29. The van der Waals surface area contributed by atoms with Gasteiger partial charge in [-0.3, -0.25) is 4.79 Å². The highest BCUT2D eigenvalue weighted by Gasteiger charge is 2.17. The number of phenols is 1. The molecule has 0 amide bonds. The molecule has 0 aromatic heterocycles. The number of aromatic hydroxyl groups is 1. The van der Waals surface area contributed by atoms with Crippen molar-refractivity contribution in [1.82, 2.24) is 0 Å². The molecular formula is C14H17BO2. The van der Waals surface area contributed by atoms with Crippen LogP contribution in [0, 0.1) is 6.92 Å². The summed E-state index contributed by atoms with van der Waals surface area (Å²) in [6.07, 6.45) is 3.11. The van der Waals surface area contributed by atoms with E-state index >= 15 is 0 Å². The number of benzene rings is 1. The highest BCUT2D eigenvalue weighted by atomic mass is 16.3. The lowest BCUT2D eigenvalue weighted by molar-refractivity contribution is 0.104. The van der Waals surface area contributed by atoms with Gasteiger partial charge in [0.2, 0.25) is 0 Å². The maximum atomic E-state index is 11.8. The van der Waals surface area contributed by atoms with E-state index in [0.717, 1.165) is 5.56 Å². The first-order valence-corrected chi connectivity index (χ1v) is 5.69. The maximum Gasteiger partial charge on any atom is 0.185 e. The zero-order valence-corrected chi connectivity index (χ0v) is 10.7. The minimum Gasteiger partial charge on any atom is -0.507 e. The van der Waals surface area contributed by atoms with Crippen LogP contribution in [-0.2, 0) is 0 Å². The number of allylic oxidation sites excluding steroid dienone is 2. The van der Waals surface area contributed by atoms with Gasteiger partial charge in [0, 0.05) is 11.1 Å². The second kappa shape index (κ2) is 5.22. The van der Waals surface area contributed by atoms with Gasteiger partial charge < -0.3 is 5.11 Å². The van der Waals surface area contributed by atoms with E-state index in [9.17, 15) is 9.90 Å². The monoisotopic (exact) mass is 228 g/mol. The second-order valence-corrected chi connectivity index (χ2v) is 4.42. The summed E-state index contributed by atoms with van der Waals surface area (Å²) < 4.78 is 0. The zero-order chi connectivity index (χ0) is 13.2. The quantitative estimate of drug-likeness (QED) is 0.490. The molecule has 17 heavy (non-hydrogen) atoms. The van der Waals surface area contributed by atoms with Crippen LogP contribution in [0.2, 0.25) is 0 Å². The SMILES string of the molecule is [B]c1cc(C(C)C)c(O)c(C)c1C(=O)/C=C\C. The lowest BCUT2D eigenvalue weighted by Gasteiger charge is -2.16. The lowest BCUT2D eigenvalue weighted by Crippen LogP contribution is -2.18. The second-order valence-electron chi connectivity index (χ2n) is 4.42. The van der Waals surface area contributed by atoms with Crippen LogP contribution in [0.25, 0.3) is 0 Å². The van der Waals surface area contributed by atoms with E-state index in [1.165, 1.54) is 6.08 Å². The van der Waals surface area contributed by atoms with Crippen molar-refractivity contribution in [2.75, 3.05) is 0 Å². The number of hydrogen-bond donors (Lipinski definition) is 1. The summed E-state index contributed by atoms with van der Waals surface area (Å²) in [4.78, 5) is 11.8. The number of phenolic OH excluding ortho intramolecular Hbond substituents is 1. The summed E-state index contributed by atoms with van der Waals surface area (Å²) >= 11 is 0. The molecule has 0 saturated heterocycles. The van der Waals surface area contributed by atoms with Crippen LogP contribution in [0.15, 0.2) is 18.2 Å². The Bertz CT molecular complexity index is 474. The van der Waals surface area contributed by atoms with E-state index in [1.54, 1.807) is 26.0 Å². The Morgan fingerprint density at radius 3 is 2.53 bits per heavy atom. The summed E-state index contributed by atoms with van der Waals surface area (Å²) in [6, 6.07) is 1.68. The van der Waals surface area contributed by atoms with Crippen LogP contribution in [-0.4, -0.2) is 18.7 Å². The van der Waals surface area contributed by atoms with Gasteiger partial charge in [-0.1, -0.05) is 31.5 Å². The fourth-order valence-electron chi connectivity index (χ4n) is 1.86. The Morgan fingerprint density at radius 1 is 1.47 bits per heavy atom. The standard InChI is InChI=1S/C14H17BO2/c1-5-6-12(16)13-9(4)14(17)10(8(2)3)7-11(13)15/h5-8,17H,1-4H3/b6-5-. The Kier molecular flexibility index (Phi) is 4.16. The Hall–Kier alpha value is -1.51. The molecule has 1 rings (SSSR count). The number of carbonyl (C=O) groups excluding carboxylic acids is 1. The minimum atomic E-state index is -0.173. The number of hydrogen-bond acceptors (Lipinski definition) is 2. The minimum absolute atomic E-state index is 0.168. The molecule has 0 aliphatic rings. The molecule has 0 saturated carbocycles. The fourth-order valence-corrected chi connectivity index (χ4v) is 1.86. The summed E-state index contributed by atoms with van der Waals surface area (Å²) in [5, 5.41) is 10.1.